The topological polar surface area (TPSA) is 64.4 Å². The van der Waals surface area contributed by atoms with E-state index >= 15 is 0 Å². The molecule has 3 aromatic carbocycles. The molecule has 0 aliphatic carbocycles. The maximum absolute atomic E-state index is 13.2. The fourth-order valence-corrected chi connectivity index (χ4v) is 4.04. The van der Waals surface area contributed by atoms with E-state index in [9.17, 15) is 9.59 Å². The number of carbonyl (C=O) groups excluding carboxylic acids is 2. The second kappa shape index (κ2) is 9.12. The standard InChI is InChI=1S/C27H23N3O3/c31-26(29-15-14-20-8-4-5-9-21(20)17-29)19-33-25-13-7-6-12-24(25)27(32)22-16-28-30(18-22)23-10-2-1-3-11-23/h1-13,16,18H,14-15,17,19H2. The highest BCUT2D eigenvalue weighted by atomic mass is 16.5. The molecule has 2 heterocycles. The summed E-state index contributed by atoms with van der Waals surface area (Å²) in [5.41, 5.74) is 4.18. The van der Waals surface area contributed by atoms with Gasteiger partial charge < -0.3 is 9.64 Å². The molecule has 5 rings (SSSR count). The molecular weight excluding hydrogens is 414 g/mol. The van der Waals surface area contributed by atoms with E-state index in [4.69, 9.17) is 4.74 Å². The molecule has 6 heteroatoms. The molecule has 1 aromatic heterocycles. The first-order valence-corrected chi connectivity index (χ1v) is 10.9. The highest BCUT2D eigenvalue weighted by Crippen LogP contribution is 2.23. The molecule has 4 aromatic rings. The van der Waals surface area contributed by atoms with Crippen LogP contribution in [-0.4, -0.2) is 39.5 Å². The predicted octanol–water partition coefficient (Wildman–Crippen LogP) is 4.07. The van der Waals surface area contributed by atoms with Crippen LogP contribution in [0.25, 0.3) is 5.69 Å². The van der Waals surface area contributed by atoms with Crippen LogP contribution in [0.4, 0.5) is 0 Å². The number of rotatable bonds is 6. The van der Waals surface area contributed by atoms with Gasteiger partial charge in [-0.2, -0.15) is 5.10 Å². The van der Waals surface area contributed by atoms with Gasteiger partial charge in [0.15, 0.2) is 12.4 Å². The van der Waals surface area contributed by atoms with Crippen molar-refractivity contribution in [3.63, 3.8) is 0 Å². The molecule has 0 bridgehead atoms. The van der Waals surface area contributed by atoms with Gasteiger partial charge in [-0.05, 0) is 41.8 Å². The summed E-state index contributed by atoms with van der Waals surface area (Å²) in [6, 6.07) is 24.8. The average molecular weight is 437 g/mol. The maximum Gasteiger partial charge on any atom is 0.260 e. The number of nitrogens with zero attached hydrogens (tertiary/aromatic N) is 3. The summed E-state index contributed by atoms with van der Waals surface area (Å²) in [6.07, 6.45) is 4.08. The molecule has 0 unspecified atom stereocenters. The smallest absolute Gasteiger partial charge is 0.260 e. The van der Waals surface area contributed by atoms with Gasteiger partial charge in [0.05, 0.1) is 23.0 Å². The lowest BCUT2D eigenvalue weighted by atomic mass is 10.00. The van der Waals surface area contributed by atoms with Crippen LogP contribution in [0, 0.1) is 0 Å². The Hall–Kier alpha value is -4.19. The van der Waals surface area contributed by atoms with Gasteiger partial charge in [-0.15, -0.1) is 0 Å². The van der Waals surface area contributed by atoms with E-state index in [1.165, 1.54) is 11.1 Å². The van der Waals surface area contributed by atoms with Crippen molar-refractivity contribution in [2.45, 2.75) is 13.0 Å². The molecule has 0 atom stereocenters. The molecule has 0 fully saturated rings. The fraction of sp³-hybridized carbons (Fsp3) is 0.148. The minimum absolute atomic E-state index is 0.0938. The van der Waals surface area contributed by atoms with E-state index in [1.807, 2.05) is 42.5 Å². The van der Waals surface area contributed by atoms with Crippen molar-refractivity contribution in [2.75, 3.05) is 13.2 Å². The van der Waals surface area contributed by atoms with Gasteiger partial charge in [0.1, 0.15) is 5.75 Å². The highest BCUT2D eigenvalue weighted by Gasteiger charge is 2.22. The highest BCUT2D eigenvalue weighted by molar-refractivity contribution is 6.10. The summed E-state index contributed by atoms with van der Waals surface area (Å²) >= 11 is 0. The number of hydrogen-bond acceptors (Lipinski definition) is 4. The van der Waals surface area contributed by atoms with Crippen LogP contribution in [0.3, 0.4) is 0 Å². The van der Waals surface area contributed by atoms with Gasteiger partial charge in [0.2, 0.25) is 0 Å². The first-order chi connectivity index (χ1) is 16.2. The second-order valence-electron chi connectivity index (χ2n) is 7.96. The number of ether oxygens (including phenoxy) is 1. The fourth-order valence-electron chi connectivity index (χ4n) is 4.04. The van der Waals surface area contributed by atoms with E-state index in [0.717, 1.165) is 12.1 Å². The van der Waals surface area contributed by atoms with Gasteiger partial charge in [0, 0.05) is 19.3 Å². The Morgan fingerprint density at radius 1 is 0.879 bits per heavy atom. The Labute approximate surface area is 192 Å². The van der Waals surface area contributed by atoms with Crippen molar-refractivity contribution in [1.82, 2.24) is 14.7 Å². The van der Waals surface area contributed by atoms with E-state index in [0.29, 0.717) is 30.0 Å². The van der Waals surface area contributed by atoms with Crippen LogP contribution in [0.15, 0.2) is 91.3 Å². The van der Waals surface area contributed by atoms with Gasteiger partial charge in [-0.3, -0.25) is 9.59 Å². The van der Waals surface area contributed by atoms with Crippen molar-refractivity contribution >= 4 is 11.7 Å². The minimum Gasteiger partial charge on any atom is -0.483 e. The number of para-hydroxylation sites is 2. The van der Waals surface area contributed by atoms with Gasteiger partial charge >= 0.3 is 0 Å². The number of benzene rings is 3. The molecule has 6 nitrogen and oxygen atoms in total. The monoisotopic (exact) mass is 437 g/mol. The summed E-state index contributed by atoms with van der Waals surface area (Å²) in [5.74, 6) is 0.0940. The third-order valence-corrected chi connectivity index (χ3v) is 5.83. The van der Waals surface area contributed by atoms with Crippen LogP contribution >= 0.6 is 0 Å². The Morgan fingerprint density at radius 3 is 2.45 bits per heavy atom. The molecule has 1 aliphatic heterocycles. The minimum atomic E-state index is -0.202. The Balaban J connectivity index is 1.28. The van der Waals surface area contributed by atoms with Gasteiger partial charge in [-0.1, -0.05) is 54.6 Å². The zero-order valence-corrected chi connectivity index (χ0v) is 18.1. The summed E-state index contributed by atoms with van der Waals surface area (Å²) < 4.78 is 7.50. The average Bonchev–Trinajstić information content (AvgIpc) is 3.38. The number of aromatic nitrogens is 2. The van der Waals surface area contributed by atoms with Gasteiger partial charge in [-0.25, -0.2) is 4.68 Å². The lowest BCUT2D eigenvalue weighted by molar-refractivity contribution is -0.134. The van der Waals surface area contributed by atoms with E-state index < -0.39 is 0 Å². The molecular formula is C27H23N3O3. The molecule has 0 radical (unpaired) electrons. The van der Waals surface area contributed by atoms with E-state index in [-0.39, 0.29) is 18.3 Å². The van der Waals surface area contributed by atoms with Crippen molar-refractivity contribution < 1.29 is 14.3 Å². The Kier molecular flexibility index (Phi) is 5.72. The zero-order chi connectivity index (χ0) is 22.6. The molecule has 164 valence electrons. The maximum atomic E-state index is 13.2. The first-order valence-electron chi connectivity index (χ1n) is 10.9. The molecule has 0 N–H and O–H groups in total. The third kappa shape index (κ3) is 4.41. The number of amides is 1. The largest absolute Gasteiger partial charge is 0.483 e. The van der Waals surface area contributed by atoms with Crippen molar-refractivity contribution in [1.29, 1.82) is 0 Å². The summed E-state index contributed by atoms with van der Waals surface area (Å²) in [7, 11) is 0. The normalized spacial score (nSPS) is 12.8. The van der Waals surface area contributed by atoms with Crippen LogP contribution in [0.1, 0.15) is 27.0 Å². The molecule has 0 spiro atoms. The Morgan fingerprint density at radius 2 is 1.61 bits per heavy atom. The molecule has 33 heavy (non-hydrogen) atoms. The number of hydrogen-bond donors (Lipinski definition) is 0. The van der Waals surface area contributed by atoms with E-state index in [1.54, 1.807) is 46.2 Å². The third-order valence-electron chi connectivity index (χ3n) is 5.83. The summed E-state index contributed by atoms with van der Waals surface area (Å²) in [5, 5.41) is 4.31. The zero-order valence-electron chi connectivity index (χ0n) is 18.1. The number of fused-ring (bicyclic) bond motifs is 1. The van der Waals surface area contributed by atoms with Crippen LogP contribution < -0.4 is 4.74 Å². The first kappa shape index (κ1) is 20.7. The molecule has 0 saturated heterocycles. The lowest BCUT2D eigenvalue weighted by Crippen LogP contribution is -2.38. The summed E-state index contributed by atoms with van der Waals surface area (Å²) in [6.45, 7) is 1.13. The number of carbonyl (C=O) groups is 2. The van der Waals surface area contributed by atoms with Crippen LogP contribution in [-0.2, 0) is 17.8 Å². The Bertz CT molecular complexity index is 1300. The van der Waals surface area contributed by atoms with Gasteiger partial charge in [0.25, 0.3) is 5.91 Å². The van der Waals surface area contributed by atoms with Crippen molar-refractivity contribution in [3.8, 4) is 11.4 Å². The van der Waals surface area contributed by atoms with Crippen LogP contribution in [0.2, 0.25) is 0 Å². The molecule has 1 amide bonds. The van der Waals surface area contributed by atoms with Crippen LogP contribution in [0.5, 0.6) is 5.75 Å². The summed E-state index contributed by atoms with van der Waals surface area (Å²) in [4.78, 5) is 27.8. The quantitative estimate of drug-likeness (QED) is 0.427. The SMILES string of the molecule is O=C(c1cnn(-c2ccccc2)c1)c1ccccc1OCC(=O)N1CCc2ccccc2C1. The predicted molar refractivity (Wildman–Crippen MR) is 124 cm³/mol. The van der Waals surface area contributed by atoms with Crippen molar-refractivity contribution in [2.24, 2.45) is 0 Å². The lowest BCUT2D eigenvalue weighted by Gasteiger charge is -2.28. The number of ketones is 1. The van der Waals surface area contributed by atoms with E-state index in [2.05, 4.69) is 17.2 Å². The molecule has 1 aliphatic rings. The second-order valence-corrected chi connectivity index (χ2v) is 7.96. The van der Waals surface area contributed by atoms with Crippen molar-refractivity contribution in [3.05, 3.63) is 114 Å². The molecule has 0 saturated carbocycles.